The predicted octanol–water partition coefficient (Wildman–Crippen LogP) is 1.44. The van der Waals surface area contributed by atoms with Gasteiger partial charge >= 0.3 is 0 Å². The number of hydrogen-bond acceptors (Lipinski definition) is 3. The second kappa shape index (κ2) is 5.12. The summed E-state index contributed by atoms with van der Waals surface area (Å²) < 4.78 is 27.4. The van der Waals surface area contributed by atoms with Gasteiger partial charge in [0.25, 0.3) is 10.1 Å². The van der Waals surface area contributed by atoms with Crippen molar-refractivity contribution in [2.75, 3.05) is 5.75 Å². The van der Waals surface area contributed by atoms with Crippen LogP contribution in [-0.4, -0.2) is 23.9 Å². The Morgan fingerprint density at radius 2 is 1.85 bits per heavy atom. The van der Waals surface area contributed by atoms with Gasteiger partial charge in [-0.25, -0.2) is 8.42 Å². The Labute approximate surface area is 83.9 Å². The largest absolute Gasteiger partial charge is 0.322 e. The molecule has 0 amide bonds. The van der Waals surface area contributed by atoms with Crippen molar-refractivity contribution in [3.8, 4) is 0 Å². The molecule has 0 N–H and O–H groups in total. The van der Waals surface area contributed by atoms with Crippen LogP contribution in [0.1, 0.15) is 40.5 Å². The molecule has 0 aromatic rings. The van der Waals surface area contributed by atoms with E-state index in [9.17, 15) is 8.42 Å². The monoisotopic (exact) mass is 224 g/mol. The van der Waals surface area contributed by atoms with Crippen molar-refractivity contribution >= 4 is 19.9 Å². The average Bonchev–Trinajstić information content (AvgIpc) is 2.02. The first-order valence-electron chi connectivity index (χ1n) is 4.70. The molecule has 0 rings (SSSR count). The maximum atomic E-state index is 11.2. The lowest BCUT2D eigenvalue weighted by Gasteiger charge is -2.20. The maximum Gasteiger partial charge on any atom is 0.257 e. The van der Waals surface area contributed by atoms with Crippen molar-refractivity contribution in [3.63, 3.8) is 0 Å². The van der Waals surface area contributed by atoms with Crippen LogP contribution < -0.4 is 0 Å². The van der Waals surface area contributed by atoms with Gasteiger partial charge in [-0.2, -0.15) is 0 Å². The molecule has 0 aromatic carbocycles. The van der Waals surface area contributed by atoms with Gasteiger partial charge in [-0.3, -0.25) is 0 Å². The van der Waals surface area contributed by atoms with Gasteiger partial charge in [0.15, 0.2) is 9.76 Å². The molecular formula is C8H20O3SSi. The van der Waals surface area contributed by atoms with Gasteiger partial charge in [0.1, 0.15) is 0 Å². The number of rotatable bonds is 6. The summed E-state index contributed by atoms with van der Waals surface area (Å²) in [4.78, 5) is 0. The molecule has 0 aliphatic rings. The first kappa shape index (κ1) is 13.1. The second-order valence-electron chi connectivity index (χ2n) is 4.04. The Morgan fingerprint density at radius 1 is 1.31 bits per heavy atom. The average molecular weight is 224 g/mol. The third-order valence-corrected chi connectivity index (χ3v) is 6.14. The fourth-order valence-electron chi connectivity index (χ4n) is 0.660. The Bertz CT molecular complexity index is 234. The SMILES string of the molecule is CCCS(=O)(=O)O[SiH2]C(C)(C)CC. The molecule has 0 fully saturated rings. The first-order chi connectivity index (χ1) is 5.83. The molecule has 0 saturated carbocycles. The van der Waals surface area contributed by atoms with Crippen LogP contribution in [0.2, 0.25) is 5.04 Å². The standard InChI is InChI=1S/C8H20O3SSi/c1-5-7-12(9,10)11-13-8(3,4)6-2/h5-7,13H2,1-4H3. The molecule has 5 heteroatoms. The minimum atomic E-state index is -3.21. The van der Waals surface area contributed by atoms with Crippen LogP contribution in [0.5, 0.6) is 0 Å². The minimum Gasteiger partial charge on any atom is -0.322 e. The lowest BCUT2D eigenvalue weighted by atomic mass is 10.1. The molecule has 0 radical (unpaired) electrons. The Morgan fingerprint density at radius 3 is 2.23 bits per heavy atom. The normalized spacial score (nSPS) is 14.2. The van der Waals surface area contributed by atoms with E-state index in [0.29, 0.717) is 6.42 Å². The van der Waals surface area contributed by atoms with Gasteiger partial charge in [-0.1, -0.05) is 34.1 Å². The van der Waals surface area contributed by atoms with Crippen molar-refractivity contribution in [3.05, 3.63) is 0 Å². The summed E-state index contributed by atoms with van der Waals surface area (Å²) >= 11 is 0. The highest BCUT2D eigenvalue weighted by Gasteiger charge is 2.20. The van der Waals surface area contributed by atoms with Crippen LogP contribution in [0.4, 0.5) is 0 Å². The topological polar surface area (TPSA) is 43.4 Å². The highest BCUT2D eigenvalue weighted by molar-refractivity contribution is 7.87. The van der Waals surface area contributed by atoms with Gasteiger partial charge in [-0.15, -0.1) is 0 Å². The van der Waals surface area contributed by atoms with E-state index in [4.69, 9.17) is 3.87 Å². The summed E-state index contributed by atoms with van der Waals surface area (Å²) in [5.41, 5.74) is 0. The van der Waals surface area contributed by atoms with Crippen LogP contribution in [0.3, 0.4) is 0 Å². The molecule has 0 aliphatic carbocycles. The smallest absolute Gasteiger partial charge is 0.257 e. The number of hydrogen-bond donors (Lipinski definition) is 0. The summed E-state index contributed by atoms with van der Waals surface area (Å²) in [5, 5.41) is 0.0841. The van der Waals surface area contributed by atoms with Crippen LogP contribution in [0, 0.1) is 0 Å². The molecule has 0 aliphatic heterocycles. The zero-order valence-electron chi connectivity index (χ0n) is 8.96. The summed E-state index contributed by atoms with van der Waals surface area (Å²) in [6.07, 6.45) is 1.60. The molecule has 0 aromatic heterocycles. The molecule has 0 saturated heterocycles. The minimum absolute atomic E-state index is 0.0841. The third-order valence-electron chi connectivity index (χ3n) is 2.04. The quantitative estimate of drug-likeness (QED) is 0.641. The van der Waals surface area contributed by atoms with Gasteiger partial charge in [0.05, 0.1) is 5.75 Å². The highest BCUT2D eigenvalue weighted by atomic mass is 32.2. The van der Waals surface area contributed by atoms with E-state index in [2.05, 4.69) is 20.8 Å². The summed E-state index contributed by atoms with van der Waals surface area (Å²) in [6.45, 7) is 8.01. The van der Waals surface area contributed by atoms with Crippen molar-refractivity contribution in [1.29, 1.82) is 0 Å². The maximum absolute atomic E-state index is 11.2. The zero-order chi connectivity index (χ0) is 10.5. The fraction of sp³-hybridized carbons (Fsp3) is 1.00. The fourth-order valence-corrected chi connectivity index (χ4v) is 3.83. The molecule has 0 spiro atoms. The van der Waals surface area contributed by atoms with Crippen molar-refractivity contribution in [1.82, 2.24) is 0 Å². The summed E-state index contributed by atoms with van der Waals surface area (Å²) in [7, 11) is -4.19. The second-order valence-corrected chi connectivity index (χ2v) is 8.71. The molecular weight excluding hydrogens is 204 g/mol. The van der Waals surface area contributed by atoms with E-state index >= 15 is 0 Å². The molecule has 13 heavy (non-hydrogen) atoms. The van der Waals surface area contributed by atoms with Crippen molar-refractivity contribution in [2.24, 2.45) is 0 Å². The van der Waals surface area contributed by atoms with Crippen LogP contribution >= 0.6 is 0 Å². The van der Waals surface area contributed by atoms with Gasteiger partial charge in [0.2, 0.25) is 0 Å². The third kappa shape index (κ3) is 6.23. The molecule has 3 nitrogen and oxygen atoms in total. The molecule has 0 unspecified atom stereocenters. The van der Waals surface area contributed by atoms with Gasteiger partial charge in [-0.05, 0) is 11.5 Å². The van der Waals surface area contributed by atoms with Crippen LogP contribution in [0.25, 0.3) is 0 Å². The molecule has 0 atom stereocenters. The Kier molecular flexibility index (Phi) is 5.17. The van der Waals surface area contributed by atoms with E-state index in [1.807, 2.05) is 6.92 Å². The molecule has 80 valence electrons. The van der Waals surface area contributed by atoms with E-state index in [1.54, 1.807) is 0 Å². The first-order valence-corrected chi connectivity index (χ1v) is 7.56. The Hall–Kier alpha value is 0.127. The Balaban J connectivity index is 4.02. The highest BCUT2D eigenvalue weighted by Crippen LogP contribution is 2.27. The molecule has 0 bridgehead atoms. The lowest BCUT2D eigenvalue weighted by Crippen LogP contribution is -2.21. The molecule has 0 heterocycles. The van der Waals surface area contributed by atoms with E-state index in [0.717, 1.165) is 6.42 Å². The van der Waals surface area contributed by atoms with Crippen molar-refractivity contribution < 1.29 is 12.3 Å². The summed E-state index contributed by atoms with van der Waals surface area (Å²) in [5.74, 6) is 0.153. The van der Waals surface area contributed by atoms with Crippen LogP contribution in [0.15, 0.2) is 0 Å². The zero-order valence-corrected chi connectivity index (χ0v) is 11.2. The van der Waals surface area contributed by atoms with Gasteiger partial charge < -0.3 is 3.87 Å². The van der Waals surface area contributed by atoms with Crippen LogP contribution in [-0.2, 0) is 14.0 Å². The van der Waals surface area contributed by atoms with E-state index in [-0.39, 0.29) is 10.8 Å². The van der Waals surface area contributed by atoms with Crippen molar-refractivity contribution in [2.45, 2.75) is 45.6 Å². The lowest BCUT2D eigenvalue weighted by molar-refractivity contribution is 0.474. The predicted molar refractivity (Wildman–Crippen MR) is 58.0 cm³/mol. The summed E-state index contributed by atoms with van der Waals surface area (Å²) in [6, 6.07) is 0. The van der Waals surface area contributed by atoms with E-state index in [1.165, 1.54) is 0 Å². The van der Waals surface area contributed by atoms with E-state index < -0.39 is 19.9 Å². The van der Waals surface area contributed by atoms with Gasteiger partial charge in [0, 0.05) is 0 Å².